The smallest absolute Gasteiger partial charge is 0.328 e. The van der Waals surface area contributed by atoms with Gasteiger partial charge in [0.25, 0.3) is 0 Å². The van der Waals surface area contributed by atoms with Crippen molar-refractivity contribution in [2.45, 2.75) is 45.1 Å². The molecule has 7 nitrogen and oxygen atoms in total. The van der Waals surface area contributed by atoms with E-state index in [0.29, 0.717) is 28.5 Å². The monoisotopic (exact) mass is 465 g/mol. The minimum absolute atomic E-state index is 0.00626. The highest BCUT2D eigenvalue weighted by atomic mass is 19.3. The predicted octanol–water partition coefficient (Wildman–Crippen LogP) is 4.83. The molecule has 0 radical (unpaired) electrons. The first kappa shape index (κ1) is 22.1. The highest BCUT2D eigenvalue weighted by Gasteiger charge is 2.44. The van der Waals surface area contributed by atoms with Crippen LogP contribution in [0.15, 0.2) is 53.3 Å². The number of hydrogen-bond acceptors (Lipinski definition) is 5. The largest absolute Gasteiger partial charge is 0.457 e. The van der Waals surface area contributed by atoms with Gasteiger partial charge in [0.2, 0.25) is 5.92 Å². The van der Waals surface area contributed by atoms with E-state index in [1.165, 1.54) is 4.57 Å². The Morgan fingerprint density at radius 1 is 1.12 bits per heavy atom. The van der Waals surface area contributed by atoms with E-state index in [0.717, 1.165) is 24.0 Å². The van der Waals surface area contributed by atoms with Crippen LogP contribution in [0.5, 0.6) is 11.5 Å². The fourth-order valence-corrected chi connectivity index (χ4v) is 4.46. The van der Waals surface area contributed by atoms with Crippen LogP contribution in [0.25, 0.3) is 11.2 Å². The van der Waals surface area contributed by atoms with Crippen molar-refractivity contribution in [2.75, 3.05) is 5.73 Å². The molecule has 0 unspecified atom stereocenters. The van der Waals surface area contributed by atoms with Gasteiger partial charge in [-0.15, -0.1) is 0 Å². The molecule has 0 spiro atoms. The van der Waals surface area contributed by atoms with E-state index in [2.05, 4.69) is 15.0 Å². The van der Waals surface area contributed by atoms with E-state index in [-0.39, 0.29) is 36.8 Å². The Bertz CT molecular complexity index is 1400. The average Bonchev–Trinajstić information content (AvgIpc) is 3.07. The molecule has 1 aliphatic rings. The summed E-state index contributed by atoms with van der Waals surface area (Å²) < 4.78 is 33.7. The van der Waals surface area contributed by atoms with Crippen LogP contribution in [0.3, 0.4) is 0 Å². The van der Waals surface area contributed by atoms with Crippen molar-refractivity contribution in [3.63, 3.8) is 0 Å². The zero-order chi connectivity index (χ0) is 23.9. The van der Waals surface area contributed by atoms with Crippen molar-refractivity contribution >= 4 is 17.0 Å². The fraction of sp³-hybridized carbons (Fsp3) is 0.320. The van der Waals surface area contributed by atoms with E-state index in [4.69, 9.17) is 10.5 Å². The molecule has 9 heteroatoms. The molecule has 0 saturated heterocycles. The summed E-state index contributed by atoms with van der Waals surface area (Å²) in [4.78, 5) is 23.7. The Labute approximate surface area is 194 Å². The molecule has 2 aromatic heterocycles. The maximum absolute atomic E-state index is 13.1. The number of anilines is 1. The predicted molar refractivity (Wildman–Crippen MR) is 125 cm³/mol. The summed E-state index contributed by atoms with van der Waals surface area (Å²) in [5, 5.41) is 0. The first-order valence-electron chi connectivity index (χ1n) is 11.2. The fourth-order valence-electron chi connectivity index (χ4n) is 4.46. The summed E-state index contributed by atoms with van der Waals surface area (Å²) >= 11 is 0. The maximum atomic E-state index is 13.1. The second-order valence-corrected chi connectivity index (χ2v) is 8.94. The third kappa shape index (κ3) is 4.64. The number of hydrogen-bond donors (Lipinski definition) is 2. The minimum Gasteiger partial charge on any atom is -0.457 e. The van der Waals surface area contributed by atoms with Crippen LogP contribution in [0.4, 0.5) is 14.6 Å². The number of nitrogens with zero attached hydrogens (tertiary/aromatic N) is 3. The van der Waals surface area contributed by atoms with Crippen LogP contribution in [-0.4, -0.2) is 25.4 Å². The molecule has 2 heterocycles. The number of nitrogens with one attached hydrogen (secondary N) is 1. The molecule has 0 aliphatic heterocycles. The maximum Gasteiger partial charge on any atom is 0.328 e. The SMILES string of the molecule is Cc1nc(N)c2[nH]c(=O)n(Cc3cccc(Oc4cccc(CCC5CC(F)(F)C5)c4)c3)c2n1. The summed E-state index contributed by atoms with van der Waals surface area (Å²) in [5.74, 6) is -0.354. The van der Waals surface area contributed by atoms with Crippen molar-refractivity contribution in [3.05, 3.63) is 76.0 Å². The Kier molecular flexibility index (Phi) is 5.55. The van der Waals surface area contributed by atoms with Gasteiger partial charge in [-0.25, -0.2) is 23.5 Å². The van der Waals surface area contributed by atoms with Crippen molar-refractivity contribution in [1.82, 2.24) is 19.5 Å². The second kappa shape index (κ2) is 8.55. The number of fused-ring (bicyclic) bond motifs is 1. The number of halogens is 2. The van der Waals surface area contributed by atoms with E-state index >= 15 is 0 Å². The molecule has 1 saturated carbocycles. The van der Waals surface area contributed by atoms with Crippen molar-refractivity contribution in [1.29, 1.82) is 0 Å². The third-order valence-electron chi connectivity index (χ3n) is 6.15. The van der Waals surface area contributed by atoms with Gasteiger partial charge in [0.1, 0.15) is 22.8 Å². The molecule has 3 N–H and O–H groups in total. The van der Waals surface area contributed by atoms with Gasteiger partial charge in [0, 0.05) is 12.8 Å². The van der Waals surface area contributed by atoms with Gasteiger partial charge in [-0.05, 0) is 61.1 Å². The highest BCUT2D eigenvalue weighted by Crippen LogP contribution is 2.44. The molecule has 2 aromatic carbocycles. The Morgan fingerprint density at radius 3 is 2.50 bits per heavy atom. The summed E-state index contributed by atoms with van der Waals surface area (Å²) in [7, 11) is 0. The number of alkyl halides is 2. The lowest BCUT2D eigenvalue weighted by Crippen LogP contribution is -2.35. The Hall–Kier alpha value is -3.75. The number of imidazole rings is 1. The number of benzene rings is 2. The van der Waals surface area contributed by atoms with Crippen LogP contribution >= 0.6 is 0 Å². The summed E-state index contributed by atoms with van der Waals surface area (Å²) in [5.41, 5.74) is 8.41. The van der Waals surface area contributed by atoms with Crippen LogP contribution in [-0.2, 0) is 13.0 Å². The molecule has 1 fully saturated rings. The van der Waals surface area contributed by atoms with E-state index in [1.54, 1.807) is 6.92 Å². The van der Waals surface area contributed by atoms with Crippen LogP contribution in [0.1, 0.15) is 36.2 Å². The van der Waals surface area contributed by atoms with Crippen LogP contribution in [0.2, 0.25) is 0 Å². The number of aromatic nitrogens is 4. The zero-order valence-electron chi connectivity index (χ0n) is 18.7. The van der Waals surface area contributed by atoms with Crippen molar-refractivity contribution < 1.29 is 13.5 Å². The molecule has 176 valence electrons. The minimum atomic E-state index is -2.48. The van der Waals surface area contributed by atoms with Crippen molar-refractivity contribution in [2.24, 2.45) is 5.92 Å². The van der Waals surface area contributed by atoms with Gasteiger partial charge in [-0.3, -0.25) is 4.57 Å². The van der Waals surface area contributed by atoms with Gasteiger partial charge >= 0.3 is 5.69 Å². The first-order chi connectivity index (χ1) is 16.3. The first-order valence-corrected chi connectivity index (χ1v) is 11.2. The number of aromatic amines is 1. The molecular weight excluding hydrogens is 440 g/mol. The van der Waals surface area contributed by atoms with Gasteiger partial charge in [-0.2, -0.15) is 0 Å². The lowest BCUT2D eigenvalue weighted by Gasteiger charge is -2.34. The van der Waals surface area contributed by atoms with Crippen LogP contribution < -0.4 is 16.2 Å². The second-order valence-electron chi connectivity index (χ2n) is 8.94. The van der Waals surface area contributed by atoms with Gasteiger partial charge in [0.05, 0.1) is 6.54 Å². The molecule has 0 atom stereocenters. The number of ether oxygens (including phenoxy) is 1. The molecular formula is C25H25F2N5O2. The van der Waals surface area contributed by atoms with E-state index in [1.807, 2.05) is 48.5 Å². The quantitative estimate of drug-likeness (QED) is 0.407. The van der Waals surface area contributed by atoms with Crippen LogP contribution in [0, 0.1) is 12.8 Å². The van der Waals surface area contributed by atoms with Gasteiger partial charge in [-0.1, -0.05) is 24.3 Å². The summed E-state index contributed by atoms with van der Waals surface area (Å²) in [6.45, 7) is 2.01. The third-order valence-corrected chi connectivity index (χ3v) is 6.15. The molecule has 0 amide bonds. The van der Waals surface area contributed by atoms with E-state index in [9.17, 15) is 13.6 Å². The highest BCUT2D eigenvalue weighted by molar-refractivity contribution is 5.81. The molecule has 1 aliphatic carbocycles. The van der Waals surface area contributed by atoms with E-state index < -0.39 is 5.92 Å². The molecule has 0 bridgehead atoms. The molecule has 5 rings (SSSR count). The Balaban J connectivity index is 1.30. The average molecular weight is 466 g/mol. The summed E-state index contributed by atoms with van der Waals surface area (Å²) in [6.07, 6.45) is 1.48. The zero-order valence-corrected chi connectivity index (χ0v) is 18.7. The standard InChI is InChI=1S/C25H25F2N5O2/c1-15-29-22(28)21-23(30-15)32(24(33)31-21)14-17-5-3-7-20(11-17)34-19-6-2-4-16(10-19)8-9-18-12-25(26,27)13-18/h2-7,10-11,18H,8-9,12-14H2,1H3,(H,31,33)(H2,28,29,30). The number of aryl methyl sites for hydroxylation is 2. The molecule has 34 heavy (non-hydrogen) atoms. The lowest BCUT2D eigenvalue weighted by atomic mass is 9.78. The Morgan fingerprint density at radius 2 is 1.79 bits per heavy atom. The molecule has 4 aromatic rings. The summed E-state index contributed by atoms with van der Waals surface area (Å²) in [6, 6.07) is 15.2. The normalized spacial score (nSPS) is 15.4. The topological polar surface area (TPSA) is 98.8 Å². The van der Waals surface area contributed by atoms with Crippen molar-refractivity contribution in [3.8, 4) is 11.5 Å². The lowest BCUT2D eigenvalue weighted by molar-refractivity contribution is -0.111. The number of H-pyrrole nitrogens is 1. The number of nitrogen functional groups attached to an aromatic ring is 1. The number of rotatable bonds is 7. The number of nitrogens with two attached hydrogens (primary N) is 1. The van der Waals surface area contributed by atoms with Gasteiger partial charge < -0.3 is 15.5 Å². The van der Waals surface area contributed by atoms with Gasteiger partial charge in [0.15, 0.2) is 11.5 Å².